The van der Waals surface area contributed by atoms with Gasteiger partial charge < -0.3 is 13.9 Å². The summed E-state index contributed by atoms with van der Waals surface area (Å²) in [6.07, 6.45) is 0.641. The molecule has 124 valence electrons. The molecule has 0 spiro atoms. The predicted molar refractivity (Wildman–Crippen MR) is 80.9 cm³/mol. The Hall–Kier alpha value is -2.22. The molecule has 3 heterocycles. The van der Waals surface area contributed by atoms with Crippen molar-refractivity contribution in [2.75, 3.05) is 26.7 Å². The molecular formula is C15H21N5O3. The van der Waals surface area contributed by atoms with E-state index in [0.29, 0.717) is 48.2 Å². The summed E-state index contributed by atoms with van der Waals surface area (Å²) >= 11 is 0. The van der Waals surface area contributed by atoms with Gasteiger partial charge in [0.05, 0.1) is 5.69 Å². The van der Waals surface area contributed by atoms with E-state index in [2.05, 4.69) is 20.2 Å². The van der Waals surface area contributed by atoms with Crippen molar-refractivity contribution < 1.29 is 13.8 Å². The second-order valence-corrected chi connectivity index (χ2v) is 5.85. The van der Waals surface area contributed by atoms with Crippen LogP contribution in [0.2, 0.25) is 0 Å². The van der Waals surface area contributed by atoms with Crippen LogP contribution in [0.1, 0.15) is 46.5 Å². The molecule has 0 aromatic carbocycles. The first-order valence-corrected chi connectivity index (χ1v) is 7.76. The number of nitrogens with zero attached hydrogens (tertiary/aromatic N) is 5. The summed E-state index contributed by atoms with van der Waals surface area (Å²) in [5.41, 5.74) is 1.22. The number of likely N-dealkylation sites (N-methyl/N-ethyl adjacent to an activating group) is 1. The van der Waals surface area contributed by atoms with E-state index in [1.165, 1.54) is 0 Å². The zero-order valence-corrected chi connectivity index (χ0v) is 13.9. The third-order valence-electron chi connectivity index (χ3n) is 4.23. The van der Waals surface area contributed by atoms with Crippen LogP contribution in [-0.2, 0) is 6.42 Å². The Morgan fingerprint density at radius 2 is 2.04 bits per heavy atom. The predicted octanol–water partition coefficient (Wildman–Crippen LogP) is 1.37. The summed E-state index contributed by atoms with van der Waals surface area (Å²) in [6.45, 7) is 7.42. The molecule has 0 unspecified atom stereocenters. The number of aromatic nitrogens is 3. The van der Waals surface area contributed by atoms with Gasteiger partial charge in [0.2, 0.25) is 5.89 Å². The summed E-state index contributed by atoms with van der Waals surface area (Å²) in [6, 6.07) is -0.0980. The maximum Gasteiger partial charge on any atom is 0.259 e. The van der Waals surface area contributed by atoms with Gasteiger partial charge >= 0.3 is 0 Å². The largest absolute Gasteiger partial charge is 0.360 e. The van der Waals surface area contributed by atoms with Crippen molar-refractivity contribution in [3.63, 3.8) is 0 Å². The Morgan fingerprint density at radius 3 is 2.70 bits per heavy atom. The van der Waals surface area contributed by atoms with Crippen LogP contribution >= 0.6 is 0 Å². The number of rotatable bonds is 3. The van der Waals surface area contributed by atoms with Gasteiger partial charge in [-0.05, 0) is 20.9 Å². The van der Waals surface area contributed by atoms with Crippen LogP contribution < -0.4 is 0 Å². The summed E-state index contributed by atoms with van der Waals surface area (Å²) in [7, 11) is 1.99. The molecule has 8 nitrogen and oxygen atoms in total. The molecule has 0 aliphatic carbocycles. The van der Waals surface area contributed by atoms with E-state index in [0.717, 1.165) is 6.54 Å². The van der Waals surface area contributed by atoms with Crippen molar-refractivity contribution in [3.05, 3.63) is 28.7 Å². The minimum absolute atomic E-state index is 0.0464. The number of hydrogen-bond acceptors (Lipinski definition) is 7. The Balaban J connectivity index is 1.83. The van der Waals surface area contributed by atoms with Gasteiger partial charge in [-0.25, -0.2) is 0 Å². The van der Waals surface area contributed by atoms with E-state index in [1.807, 2.05) is 18.9 Å². The number of carbonyl (C=O) groups excluding carboxylic acids is 1. The fraction of sp³-hybridized carbons (Fsp3) is 0.600. The Bertz CT molecular complexity index is 708. The number of hydrogen-bond donors (Lipinski definition) is 0. The molecule has 1 atom stereocenters. The number of amides is 1. The third-order valence-corrected chi connectivity index (χ3v) is 4.23. The van der Waals surface area contributed by atoms with Crippen molar-refractivity contribution in [1.82, 2.24) is 25.1 Å². The molecular weight excluding hydrogens is 298 g/mol. The molecule has 0 bridgehead atoms. The molecule has 1 aliphatic heterocycles. The molecule has 2 aromatic rings. The molecule has 1 fully saturated rings. The zero-order valence-electron chi connectivity index (χ0n) is 13.9. The minimum atomic E-state index is -0.0980. The summed E-state index contributed by atoms with van der Waals surface area (Å²) in [5, 5.41) is 7.77. The van der Waals surface area contributed by atoms with E-state index in [9.17, 15) is 4.79 Å². The molecule has 1 amide bonds. The third kappa shape index (κ3) is 2.86. The first-order chi connectivity index (χ1) is 11.0. The SMILES string of the molecule is CCc1onc(C)c1C(=O)N1CCN(C)[C@H](c2nc(C)no2)C1. The molecule has 1 saturated heterocycles. The highest BCUT2D eigenvalue weighted by atomic mass is 16.5. The van der Waals surface area contributed by atoms with Gasteiger partial charge in [-0.3, -0.25) is 9.69 Å². The van der Waals surface area contributed by atoms with Gasteiger partial charge in [0.25, 0.3) is 5.91 Å². The molecule has 23 heavy (non-hydrogen) atoms. The fourth-order valence-electron chi connectivity index (χ4n) is 2.86. The fourth-order valence-corrected chi connectivity index (χ4v) is 2.86. The van der Waals surface area contributed by atoms with E-state index < -0.39 is 0 Å². The van der Waals surface area contributed by atoms with Crippen LogP contribution in [0.5, 0.6) is 0 Å². The van der Waals surface area contributed by atoms with E-state index >= 15 is 0 Å². The lowest BCUT2D eigenvalue weighted by Gasteiger charge is -2.37. The quantitative estimate of drug-likeness (QED) is 0.844. The van der Waals surface area contributed by atoms with Gasteiger partial charge in [-0.15, -0.1) is 0 Å². The van der Waals surface area contributed by atoms with Crippen LogP contribution in [0.3, 0.4) is 0 Å². The Labute approximate surface area is 134 Å². The van der Waals surface area contributed by atoms with Gasteiger partial charge in [0, 0.05) is 26.1 Å². The van der Waals surface area contributed by atoms with Crippen molar-refractivity contribution >= 4 is 5.91 Å². The van der Waals surface area contributed by atoms with Crippen LogP contribution in [0, 0.1) is 13.8 Å². The standard InChI is InChI=1S/C15H21N5O3/c1-5-12-13(9(2)17-22-12)15(21)20-7-6-19(4)11(8-20)14-16-10(3)18-23-14/h11H,5-8H2,1-4H3/t11-/m0/s1. The van der Waals surface area contributed by atoms with Crippen LogP contribution in [0.15, 0.2) is 9.05 Å². The second-order valence-electron chi connectivity index (χ2n) is 5.85. The van der Waals surface area contributed by atoms with E-state index in [4.69, 9.17) is 9.05 Å². The zero-order chi connectivity index (χ0) is 16.6. The van der Waals surface area contributed by atoms with E-state index in [-0.39, 0.29) is 11.9 Å². The van der Waals surface area contributed by atoms with Gasteiger partial charge in [0.1, 0.15) is 17.4 Å². The lowest BCUT2D eigenvalue weighted by Crippen LogP contribution is -2.49. The average molecular weight is 319 g/mol. The monoisotopic (exact) mass is 319 g/mol. The molecule has 0 N–H and O–H groups in total. The van der Waals surface area contributed by atoms with Crippen LogP contribution in [0.4, 0.5) is 0 Å². The Kier molecular flexibility index (Phi) is 4.16. The smallest absolute Gasteiger partial charge is 0.259 e. The average Bonchev–Trinajstić information content (AvgIpc) is 3.12. The summed E-state index contributed by atoms with van der Waals surface area (Å²) in [5.74, 6) is 1.73. The highest BCUT2D eigenvalue weighted by Crippen LogP contribution is 2.25. The van der Waals surface area contributed by atoms with E-state index in [1.54, 1.807) is 13.8 Å². The summed E-state index contributed by atoms with van der Waals surface area (Å²) in [4.78, 5) is 21.1. The first kappa shape index (κ1) is 15.7. The lowest BCUT2D eigenvalue weighted by atomic mass is 10.1. The Morgan fingerprint density at radius 1 is 1.26 bits per heavy atom. The molecule has 1 aliphatic rings. The molecule has 3 rings (SSSR count). The van der Waals surface area contributed by atoms with Crippen molar-refractivity contribution in [3.8, 4) is 0 Å². The molecule has 8 heteroatoms. The van der Waals surface area contributed by atoms with Crippen molar-refractivity contribution in [1.29, 1.82) is 0 Å². The highest BCUT2D eigenvalue weighted by Gasteiger charge is 2.34. The first-order valence-electron chi connectivity index (χ1n) is 7.76. The number of carbonyl (C=O) groups is 1. The summed E-state index contributed by atoms with van der Waals surface area (Å²) < 4.78 is 10.5. The maximum atomic E-state index is 12.9. The van der Waals surface area contributed by atoms with Gasteiger partial charge in [0.15, 0.2) is 5.82 Å². The lowest BCUT2D eigenvalue weighted by molar-refractivity contribution is 0.0486. The molecule has 0 radical (unpaired) electrons. The van der Waals surface area contributed by atoms with Crippen molar-refractivity contribution in [2.24, 2.45) is 0 Å². The topological polar surface area (TPSA) is 88.5 Å². The minimum Gasteiger partial charge on any atom is -0.360 e. The van der Waals surface area contributed by atoms with Gasteiger partial charge in [-0.1, -0.05) is 17.2 Å². The van der Waals surface area contributed by atoms with Crippen LogP contribution in [0.25, 0.3) is 0 Å². The van der Waals surface area contributed by atoms with Crippen molar-refractivity contribution in [2.45, 2.75) is 33.2 Å². The maximum absolute atomic E-state index is 12.9. The number of aryl methyl sites for hydroxylation is 3. The van der Waals surface area contributed by atoms with Crippen LogP contribution in [-0.4, -0.2) is 57.7 Å². The molecule has 0 saturated carbocycles. The molecule has 2 aromatic heterocycles. The highest BCUT2D eigenvalue weighted by molar-refractivity contribution is 5.96. The normalized spacial score (nSPS) is 19.3. The second kappa shape index (κ2) is 6.11. The van der Waals surface area contributed by atoms with Gasteiger partial charge in [-0.2, -0.15) is 4.98 Å². The number of piperazine rings is 1.